The van der Waals surface area contributed by atoms with Gasteiger partial charge in [-0.25, -0.2) is 0 Å². The Morgan fingerprint density at radius 3 is 2.56 bits per heavy atom. The second-order valence-corrected chi connectivity index (χ2v) is 6.19. The summed E-state index contributed by atoms with van der Waals surface area (Å²) in [6.07, 6.45) is 0.0733. The lowest BCUT2D eigenvalue weighted by Crippen LogP contribution is -2.33. The first kappa shape index (κ1) is 14.7. The maximum absolute atomic E-state index is 11.7. The third kappa shape index (κ3) is 4.87. The largest absolute Gasteiger partial charge is 0.550 e. The van der Waals surface area contributed by atoms with Gasteiger partial charge in [0.25, 0.3) is 0 Å². The fourth-order valence-corrected chi connectivity index (χ4v) is 2.56. The summed E-state index contributed by atoms with van der Waals surface area (Å²) in [4.78, 5) is 23.4. The number of hydrogen-bond acceptors (Lipinski definition) is 4. The standard InChI is InChI=1S/C13H19NO3S/c1-9-4-5-18-10(9)8-14-11(15)6-13(2,3)7-12(16)17/h4-5H,6-8H2,1-3H3,(H,14,15)(H,16,17)/p-1. The highest BCUT2D eigenvalue weighted by Crippen LogP contribution is 2.24. The monoisotopic (exact) mass is 268 g/mol. The molecule has 0 aliphatic heterocycles. The molecule has 1 N–H and O–H groups in total. The van der Waals surface area contributed by atoms with E-state index in [-0.39, 0.29) is 18.7 Å². The van der Waals surface area contributed by atoms with Crippen molar-refractivity contribution < 1.29 is 14.7 Å². The van der Waals surface area contributed by atoms with Gasteiger partial charge in [-0.3, -0.25) is 4.79 Å². The molecule has 1 aromatic rings. The molecule has 0 aromatic carbocycles. The highest BCUT2D eigenvalue weighted by atomic mass is 32.1. The minimum Gasteiger partial charge on any atom is -0.550 e. The van der Waals surface area contributed by atoms with Crippen LogP contribution < -0.4 is 10.4 Å². The summed E-state index contributed by atoms with van der Waals surface area (Å²) < 4.78 is 0. The van der Waals surface area contributed by atoms with Crippen molar-refractivity contribution in [3.8, 4) is 0 Å². The maximum atomic E-state index is 11.7. The molecule has 1 amide bonds. The van der Waals surface area contributed by atoms with Gasteiger partial charge in [-0.2, -0.15) is 0 Å². The number of carboxylic acid groups (broad SMARTS) is 1. The molecule has 0 bridgehead atoms. The van der Waals surface area contributed by atoms with Crippen LogP contribution in [-0.4, -0.2) is 11.9 Å². The minimum absolute atomic E-state index is 0.113. The molecule has 0 radical (unpaired) electrons. The van der Waals surface area contributed by atoms with E-state index in [1.165, 1.54) is 0 Å². The number of carbonyl (C=O) groups is 2. The van der Waals surface area contributed by atoms with Gasteiger partial charge in [0.15, 0.2) is 0 Å². The lowest BCUT2D eigenvalue weighted by atomic mass is 9.85. The van der Waals surface area contributed by atoms with Gasteiger partial charge < -0.3 is 15.2 Å². The molecule has 0 fully saturated rings. The Labute approximate surface area is 111 Å². The van der Waals surface area contributed by atoms with E-state index in [9.17, 15) is 14.7 Å². The first-order valence-electron chi connectivity index (χ1n) is 5.80. The van der Waals surface area contributed by atoms with Gasteiger partial charge in [-0.15, -0.1) is 11.3 Å². The third-order valence-electron chi connectivity index (χ3n) is 2.68. The van der Waals surface area contributed by atoms with Crippen LogP contribution in [0.3, 0.4) is 0 Å². The zero-order chi connectivity index (χ0) is 13.8. The molecule has 1 heterocycles. The molecule has 1 aromatic heterocycles. The molecule has 4 nitrogen and oxygen atoms in total. The summed E-state index contributed by atoms with van der Waals surface area (Å²) in [5.41, 5.74) is 0.585. The van der Waals surface area contributed by atoms with Gasteiger partial charge in [0, 0.05) is 17.3 Å². The van der Waals surface area contributed by atoms with Gasteiger partial charge in [0.05, 0.1) is 6.54 Å². The molecular formula is C13H18NO3S-. The SMILES string of the molecule is Cc1ccsc1CNC(=O)CC(C)(C)CC(=O)[O-]. The molecule has 0 unspecified atom stereocenters. The fourth-order valence-electron chi connectivity index (χ4n) is 1.71. The maximum Gasteiger partial charge on any atom is 0.220 e. The summed E-state index contributed by atoms with van der Waals surface area (Å²) in [5.74, 6) is -1.25. The van der Waals surface area contributed by atoms with Crippen molar-refractivity contribution in [2.45, 2.75) is 40.2 Å². The summed E-state index contributed by atoms with van der Waals surface area (Å²) in [7, 11) is 0. The van der Waals surface area contributed by atoms with Gasteiger partial charge in [0.1, 0.15) is 0 Å². The van der Waals surface area contributed by atoms with Crippen LogP contribution in [0.5, 0.6) is 0 Å². The second-order valence-electron chi connectivity index (χ2n) is 5.19. The normalized spacial score (nSPS) is 11.3. The summed E-state index contributed by atoms with van der Waals surface area (Å²) >= 11 is 1.60. The van der Waals surface area contributed by atoms with Crippen LogP contribution in [0.2, 0.25) is 0 Å². The summed E-state index contributed by atoms with van der Waals surface area (Å²) in [5, 5.41) is 15.3. The van der Waals surface area contributed by atoms with E-state index >= 15 is 0 Å². The minimum atomic E-state index is -1.12. The van der Waals surface area contributed by atoms with Crippen molar-refractivity contribution in [3.63, 3.8) is 0 Å². The predicted octanol–water partition coefficient (Wildman–Crippen LogP) is 1.23. The van der Waals surface area contributed by atoms with E-state index in [0.29, 0.717) is 6.54 Å². The molecule has 5 heteroatoms. The van der Waals surface area contributed by atoms with Gasteiger partial charge in [-0.1, -0.05) is 13.8 Å². The van der Waals surface area contributed by atoms with Gasteiger partial charge in [-0.05, 0) is 35.8 Å². The molecule has 0 atom stereocenters. The third-order valence-corrected chi connectivity index (χ3v) is 3.70. The highest BCUT2D eigenvalue weighted by molar-refractivity contribution is 7.10. The van der Waals surface area contributed by atoms with Crippen LogP contribution in [0.15, 0.2) is 11.4 Å². The van der Waals surface area contributed by atoms with E-state index in [1.54, 1.807) is 25.2 Å². The van der Waals surface area contributed by atoms with Crippen molar-refractivity contribution in [1.82, 2.24) is 5.32 Å². The van der Waals surface area contributed by atoms with E-state index < -0.39 is 11.4 Å². The number of amides is 1. The fraction of sp³-hybridized carbons (Fsp3) is 0.538. The van der Waals surface area contributed by atoms with Crippen molar-refractivity contribution in [3.05, 3.63) is 21.9 Å². The average molecular weight is 268 g/mol. The molecule has 18 heavy (non-hydrogen) atoms. The molecule has 0 spiro atoms. The molecule has 1 rings (SSSR count). The molecule has 0 aliphatic rings. The number of carboxylic acids is 1. The Kier molecular flexibility index (Phi) is 4.90. The van der Waals surface area contributed by atoms with Crippen LogP contribution in [-0.2, 0) is 16.1 Å². The van der Waals surface area contributed by atoms with Crippen molar-refractivity contribution >= 4 is 23.2 Å². The summed E-state index contributed by atoms with van der Waals surface area (Å²) in [6, 6.07) is 2.01. The molecule has 0 saturated carbocycles. The topological polar surface area (TPSA) is 69.2 Å². The smallest absolute Gasteiger partial charge is 0.220 e. The average Bonchev–Trinajstić information content (AvgIpc) is 2.58. The molecule has 0 aliphatic carbocycles. The van der Waals surface area contributed by atoms with Crippen LogP contribution in [0.25, 0.3) is 0 Å². The number of aliphatic carboxylic acids is 1. The van der Waals surface area contributed by atoms with E-state index in [0.717, 1.165) is 10.4 Å². The number of aryl methyl sites for hydroxylation is 1. The van der Waals surface area contributed by atoms with Crippen LogP contribution in [0.1, 0.15) is 37.1 Å². The van der Waals surface area contributed by atoms with Crippen molar-refractivity contribution in [2.75, 3.05) is 0 Å². The lowest BCUT2D eigenvalue weighted by Gasteiger charge is -2.24. The number of rotatable bonds is 6. The van der Waals surface area contributed by atoms with Gasteiger partial charge in [0.2, 0.25) is 5.91 Å². The Balaban J connectivity index is 2.42. The Morgan fingerprint density at radius 2 is 2.06 bits per heavy atom. The van der Waals surface area contributed by atoms with Gasteiger partial charge >= 0.3 is 0 Å². The van der Waals surface area contributed by atoms with Crippen molar-refractivity contribution in [1.29, 1.82) is 0 Å². The number of hydrogen-bond donors (Lipinski definition) is 1. The summed E-state index contributed by atoms with van der Waals surface area (Å²) in [6.45, 7) is 6.00. The molecule has 0 saturated heterocycles. The van der Waals surface area contributed by atoms with Crippen LogP contribution in [0.4, 0.5) is 0 Å². The van der Waals surface area contributed by atoms with Crippen LogP contribution in [0, 0.1) is 12.3 Å². The first-order valence-corrected chi connectivity index (χ1v) is 6.68. The quantitative estimate of drug-likeness (QED) is 0.843. The number of thiophene rings is 1. The predicted molar refractivity (Wildman–Crippen MR) is 68.9 cm³/mol. The Bertz CT molecular complexity index is 437. The van der Waals surface area contributed by atoms with E-state index in [4.69, 9.17) is 0 Å². The Morgan fingerprint density at radius 1 is 1.39 bits per heavy atom. The van der Waals surface area contributed by atoms with Crippen LogP contribution >= 0.6 is 11.3 Å². The highest BCUT2D eigenvalue weighted by Gasteiger charge is 2.22. The zero-order valence-corrected chi connectivity index (χ0v) is 11.7. The Hall–Kier alpha value is -1.36. The second kappa shape index (κ2) is 6.00. The first-order chi connectivity index (χ1) is 8.30. The van der Waals surface area contributed by atoms with E-state index in [2.05, 4.69) is 5.32 Å². The number of nitrogens with one attached hydrogen (secondary N) is 1. The zero-order valence-electron chi connectivity index (χ0n) is 10.9. The number of carbonyl (C=O) groups excluding carboxylic acids is 2. The molecular weight excluding hydrogens is 250 g/mol. The van der Waals surface area contributed by atoms with Crippen molar-refractivity contribution in [2.24, 2.45) is 5.41 Å². The van der Waals surface area contributed by atoms with E-state index in [1.807, 2.05) is 18.4 Å². The lowest BCUT2D eigenvalue weighted by molar-refractivity contribution is -0.307. The molecule has 100 valence electrons.